The summed E-state index contributed by atoms with van der Waals surface area (Å²) in [5.74, 6) is -1.31. The lowest BCUT2D eigenvalue weighted by Gasteiger charge is -2.53. The van der Waals surface area contributed by atoms with Gasteiger partial charge in [0.25, 0.3) is 5.91 Å². The summed E-state index contributed by atoms with van der Waals surface area (Å²) in [5, 5.41) is 6.81. The van der Waals surface area contributed by atoms with E-state index < -0.39 is 29.9 Å². The zero-order valence-electron chi connectivity index (χ0n) is 29.3. The molecule has 2 atom stereocenters. The van der Waals surface area contributed by atoms with Crippen molar-refractivity contribution in [1.82, 2.24) is 15.2 Å². The van der Waals surface area contributed by atoms with Gasteiger partial charge < -0.3 is 14.8 Å². The van der Waals surface area contributed by atoms with Gasteiger partial charge in [0.1, 0.15) is 11.7 Å². The number of β-lactam (4-membered cyclic amide) rings is 1. The zero-order chi connectivity index (χ0) is 37.1. The number of hydrogen-bond acceptors (Lipinski definition) is 8. The second-order valence-electron chi connectivity index (χ2n) is 13.0. The maximum atomic E-state index is 14.7. The molecule has 2 aliphatic rings. The lowest BCUT2D eigenvalue weighted by Crippen LogP contribution is -2.74. The minimum atomic E-state index is -0.957. The van der Waals surface area contributed by atoms with Crippen LogP contribution in [0.3, 0.4) is 0 Å². The molecule has 6 aromatic rings. The summed E-state index contributed by atoms with van der Waals surface area (Å²) in [7, 11) is 0. The van der Waals surface area contributed by atoms with Crippen LogP contribution >= 0.6 is 11.3 Å². The standard InChI is InChI=1S/C44H36N4O5S/c1-29(49)46-43-45-27-36(54-43)35-28-52-41-37(47-44(32-21-11-4-12-22-32,33-23-13-5-14-24-33)34-25-15-6-16-26-34)40(50)48(41)38(35)42(51)53-39(30-17-7-2-8-18-30)31-19-9-3-10-20-31/h2-27,37,39,41,47H,28H2,1H3,(H,45,46,49). The van der Waals surface area contributed by atoms with Crippen LogP contribution in [0.15, 0.2) is 164 Å². The first-order valence-electron chi connectivity index (χ1n) is 17.6. The van der Waals surface area contributed by atoms with E-state index >= 15 is 0 Å². The minimum Gasteiger partial charge on any atom is -0.448 e. The quantitative estimate of drug-likeness (QED) is 0.0818. The summed E-state index contributed by atoms with van der Waals surface area (Å²) in [6.07, 6.45) is -0.0215. The fraction of sp³-hybridized carbons (Fsp3) is 0.136. The number of esters is 1. The molecule has 10 heteroatoms. The number of hydrogen-bond donors (Lipinski definition) is 2. The molecule has 2 unspecified atom stereocenters. The molecule has 5 aromatic carbocycles. The maximum Gasteiger partial charge on any atom is 0.356 e. The van der Waals surface area contributed by atoms with Crippen LogP contribution in [0.25, 0.3) is 5.57 Å². The van der Waals surface area contributed by atoms with Crippen LogP contribution in [0.5, 0.6) is 0 Å². The van der Waals surface area contributed by atoms with E-state index in [2.05, 4.69) is 15.6 Å². The van der Waals surface area contributed by atoms with E-state index in [9.17, 15) is 14.4 Å². The molecule has 0 aliphatic carbocycles. The third-order valence-corrected chi connectivity index (χ3v) is 10.6. The van der Waals surface area contributed by atoms with Crippen LogP contribution in [0.2, 0.25) is 0 Å². The molecule has 1 saturated heterocycles. The van der Waals surface area contributed by atoms with Crippen LogP contribution in [0.1, 0.15) is 45.7 Å². The summed E-state index contributed by atoms with van der Waals surface area (Å²) in [4.78, 5) is 47.6. The van der Waals surface area contributed by atoms with Gasteiger partial charge in [-0.1, -0.05) is 163 Å². The predicted octanol–water partition coefficient (Wildman–Crippen LogP) is 7.29. The van der Waals surface area contributed by atoms with Crippen LogP contribution < -0.4 is 10.6 Å². The predicted molar refractivity (Wildman–Crippen MR) is 207 cm³/mol. The summed E-state index contributed by atoms with van der Waals surface area (Å²) >= 11 is 1.19. The average molecular weight is 733 g/mol. The van der Waals surface area contributed by atoms with Crippen molar-refractivity contribution in [3.63, 3.8) is 0 Å². The molecule has 2 N–H and O–H groups in total. The van der Waals surface area contributed by atoms with Crippen LogP contribution in [-0.4, -0.2) is 46.5 Å². The molecule has 9 nitrogen and oxygen atoms in total. The van der Waals surface area contributed by atoms with Gasteiger partial charge in [-0.15, -0.1) is 0 Å². The molecular formula is C44H36N4O5S. The van der Waals surface area contributed by atoms with Gasteiger partial charge in [-0.2, -0.15) is 0 Å². The SMILES string of the molecule is CC(=O)Nc1ncc(C2=C(C(=O)OC(c3ccccc3)c3ccccc3)N3C(=O)C(NC(c4ccccc4)(c4ccccc4)c4ccccc4)C3OC2)s1. The van der Waals surface area contributed by atoms with Crippen molar-refractivity contribution in [2.45, 2.75) is 30.8 Å². The normalized spacial score (nSPS) is 16.8. The molecule has 2 aliphatic heterocycles. The molecule has 1 aromatic heterocycles. The number of fused-ring (bicyclic) bond motifs is 1. The number of carbonyl (C=O) groups is 3. The van der Waals surface area contributed by atoms with Crippen molar-refractivity contribution < 1.29 is 23.9 Å². The number of carbonyl (C=O) groups excluding carboxylic acids is 3. The summed E-state index contributed by atoms with van der Waals surface area (Å²) in [6, 6.07) is 48.2. The zero-order valence-corrected chi connectivity index (χ0v) is 30.1. The number of ether oxygens (including phenoxy) is 2. The Morgan fingerprint density at radius 1 is 0.778 bits per heavy atom. The molecule has 1 fully saturated rings. The largest absolute Gasteiger partial charge is 0.448 e. The molecule has 0 spiro atoms. The first-order valence-corrected chi connectivity index (χ1v) is 18.4. The Kier molecular flexibility index (Phi) is 9.71. The highest BCUT2D eigenvalue weighted by Crippen LogP contribution is 2.44. The average Bonchev–Trinajstić information content (AvgIpc) is 3.69. The van der Waals surface area contributed by atoms with Crippen molar-refractivity contribution in [2.75, 3.05) is 11.9 Å². The molecule has 268 valence electrons. The van der Waals surface area contributed by atoms with Gasteiger partial charge in [-0.05, 0) is 27.8 Å². The van der Waals surface area contributed by atoms with Gasteiger partial charge in [0, 0.05) is 18.7 Å². The van der Waals surface area contributed by atoms with Gasteiger partial charge in [0.15, 0.2) is 17.5 Å². The van der Waals surface area contributed by atoms with Crippen LogP contribution in [0.4, 0.5) is 5.13 Å². The molecular weight excluding hydrogens is 697 g/mol. The number of benzene rings is 5. The van der Waals surface area contributed by atoms with Gasteiger partial charge >= 0.3 is 5.97 Å². The summed E-state index contributed by atoms with van der Waals surface area (Å²) in [5.41, 5.74) is 3.92. The third kappa shape index (κ3) is 6.51. The van der Waals surface area contributed by atoms with Crippen molar-refractivity contribution in [3.05, 3.63) is 196 Å². The van der Waals surface area contributed by atoms with E-state index in [0.717, 1.165) is 27.8 Å². The first-order chi connectivity index (χ1) is 26.4. The fourth-order valence-corrected chi connectivity index (χ4v) is 8.11. The smallest absolute Gasteiger partial charge is 0.356 e. The Labute approximate surface area is 316 Å². The van der Waals surface area contributed by atoms with Crippen LogP contribution in [0, 0.1) is 0 Å². The van der Waals surface area contributed by atoms with E-state index in [4.69, 9.17) is 9.47 Å². The number of nitrogens with zero attached hydrogens (tertiary/aromatic N) is 2. The fourth-order valence-electron chi connectivity index (χ4n) is 7.21. The second-order valence-corrected chi connectivity index (χ2v) is 14.1. The first kappa shape index (κ1) is 34.9. The highest BCUT2D eigenvalue weighted by molar-refractivity contribution is 7.16. The topological polar surface area (TPSA) is 110 Å². The Morgan fingerprint density at radius 3 is 1.74 bits per heavy atom. The van der Waals surface area contributed by atoms with E-state index in [-0.39, 0.29) is 24.1 Å². The molecule has 0 bridgehead atoms. The number of anilines is 1. The lowest BCUT2D eigenvalue weighted by molar-refractivity contribution is -0.184. The third-order valence-electron chi connectivity index (χ3n) is 9.67. The molecule has 3 heterocycles. The van der Waals surface area contributed by atoms with Crippen LogP contribution in [-0.2, 0) is 29.4 Å². The highest BCUT2D eigenvalue weighted by atomic mass is 32.1. The Bertz CT molecular complexity index is 2160. The van der Waals surface area contributed by atoms with E-state index in [1.807, 2.05) is 152 Å². The van der Waals surface area contributed by atoms with Gasteiger partial charge in [-0.25, -0.2) is 9.78 Å². The van der Waals surface area contributed by atoms with Gasteiger partial charge in [0.05, 0.1) is 17.0 Å². The number of amides is 2. The number of rotatable bonds is 11. The van der Waals surface area contributed by atoms with Crippen molar-refractivity contribution in [2.24, 2.45) is 0 Å². The van der Waals surface area contributed by atoms with Crippen molar-refractivity contribution in [3.8, 4) is 0 Å². The monoisotopic (exact) mass is 732 g/mol. The maximum absolute atomic E-state index is 14.7. The molecule has 8 rings (SSSR count). The Hall–Kier alpha value is -6.20. The van der Waals surface area contributed by atoms with E-state index in [1.165, 1.54) is 23.2 Å². The summed E-state index contributed by atoms with van der Waals surface area (Å²) < 4.78 is 12.9. The second kappa shape index (κ2) is 15.0. The molecule has 0 radical (unpaired) electrons. The van der Waals surface area contributed by atoms with E-state index in [1.54, 1.807) is 6.20 Å². The Balaban J connectivity index is 1.21. The summed E-state index contributed by atoms with van der Waals surface area (Å²) in [6.45, 7) is 1.39. The van der Waals surface area contributed by atoms with Crippen molar-refractivity contribution >= 4 is 39.8 Å². The van der Waals surface area contributed by atoms with E-state index in [0.29, 0.717) is 15.6 Å². The molecule has 54 heavy (non-hydrogen) atoms. The number of nitrogens with one attached hydrogen (secondary N) is 2. The lowest BCUT2D eigenvalue weighted by atomic mass is 9.75. The molecule has 2 amide bonds. The van der Waals surface area contributed by atoms with Gasteiger partial charge in [0.2, 0.25) is 5.91 Å². The number of thiazole rings is 1. The number of aromatic nitrogens is 1. The minimum absolute atomic E-state index is 0.00484. The van der Waals surface area contributed by atoms with Crippen molar-refractivity contribution in [1.29, 1.82) is 0 Å². The highest BCUT2D eigenvalue weighted by Gasteiger charge is 2.57. The Morgan fingerprint density at radius 2 is 1.26 bits per heavy atom. The molecule has 0 saturated carbocycles. The van der Waals surface area contributed by atoms with Gasteiger partial charge in [-0.3, -0.25) is 19.8 Å².